The minimum atomic E-state index is -0.638. The Morgan fingerprint density at radius 1 is 1.16 bits per heavy atom. The van der Waals surface area contributed by atoms with Crippen LogP contribution in [0.25, 0.3) is 11.3 Å². The highest BCUT2D eigenvalue weighted by molar-refractivity contribution is 6.33. The lowest BCUT2D eigenvalue weighted by molar-refractivity contribution is -0.385. The summed E-state index contributed by atoms with van der Waals surface area (Å²) < 4.78 is 10.8. The smallest absolute Gasteiger partial charge is 0.311 e. The first-order valence-corrected chi connectivity index (χ1v) is 9.36. The predicted molar refractivity (Wildman–Crippen MR) is 115 cm³/mol. The van der Waals surface area contributed by atoms with Gasteiger partial charge in [0.1, 0.15) is 11.5 Å². The monoisotopic (exact) mass is 458 g/mol. The molecule has 0 saturated carbocycles. The van der Waals surface area contributed by atoms with Gasteiger partial charge in [-0.05, 0) is 36.8 Å². The molecule has 1 aromatic heterocycles. The van der Waals surface area contributed by atoms with E-state index < -0.39 is 22.4 Å². The number of carbonyl (C=O) groups is 1. The number of aryl methyl sites for hydroxylation is 1. The summed E-state index contributed by atoms with van der Waals surface area (Å²) in [6, 6.07) is 11.5. The summed E-state index contributed by atoms with van der Waals surface area (Å²) in [6.07, 6.45) is 1.23. The Hall–Kier alpha value is -4.25. The minimum Gasteiger partial charge on any atom is -0.477 e. The van der Waals surface area contributed by atoms with E-state index in [1.807, 2.05) is 0 Å². The molecule has 0 unspecified atom stereocenters. The molecule has 11 nitrogen and oxygen atoms in total. The average molecular weight is 459 g/mol. The Kier molecular flexibility index (Phi) is 6.80. The molecule has 0 radical (unpaired) electrons. The number of hydrogen-bond donors (Lipinski definition) is 1. The third-order valence-electron chi connectivity index (χ3n) is 4.11. The fourth-order valence-corrected chi connectivity index (χ4v) is 2.89. The van der Waals surface area contributed by atoms with Crippen LogP contribution < -0.4 is 10.2 Å². The highest BCUT2D eigenvalue weighted by atomic mass is 35.5. The standard InChI is InChI=1S/C20H15ClN4O7/c1-12-2-6-19(17(8-12)25(29)30)31-11-20(26)23-22-10-14-4-7-18(32-14)15-5-3-13(24(27)28)9-16(15)21/h2-10H,11H2,1H3,(H,23,26). The van der Waals surface area contributed by atoms with Crippen LogP contribution >= 0.6 is 11.6 Å². The van der Waals surface area contributed by atoms with E-state index in [0.29, 0.717) is 16.9 Å². The number of hydrazone groups is 1. The Morgan fingerprint density at radius 2 is 1.94 bits per heavy atom. The van der Waals surface area contributed by atoms with Crippen molar-refractivity contribution in [2.45, 2.75) is 6.92 Å². The van der Waals surface area contributed by atoms with Crippen LogP contribution in [0, 0.1) is 27.2 Å². The first-order chi connectivity index (χ1) is 15.2. The van der Waals surface area contributed by atoms with E-state index >= 15 is 0 Å². The summed E-state index contributed by atoms with van der Waals surface area (Å²) in [4.78, 5) is 32.6. The van der Waals surface area contributed by atoms with Crippen molar-refractivity contribution in [1.82, 2.24) is 5.43 Å². The van der Waals surface area contributed by atoms with Gasteiger partial charge in [0.15, 0.2) is 12.4 Å². The SMILES string of the molecule is Cc1ccc(OCC(=O)NN=Cc2ccc(-c3ccc([N+](=O)[O-])cc3Cl)o2)c([N+](=O)[O-])c1. The summed E-state index contributed by atoms with van der Waals surface area (Å²) in [5, 5.41) is 25.8. The van der Waals surface area contributed by atoms with Crippen molar-refractivity contribution in [3.05, 3.63) is 85.1 Å². The molecule has 12 heteroatoms. The lowest BCUT2D eigenvalue weighted by Crippen LogP contribution is -2.24. The van der Waals surface area contributed by atoms with Gasteiger partial charge in [0.05, 0.1) is 21.1 Å². The molecule has 0 fully saturated rings. The van der Waals surface area contributed by atoms with E-state index in [0.717, 1.165) is 0 Å². The molecule has 164 valence electrons. The van der Waals surface area contributed by atoms with Crippen LogP contribution in [0.2, 0.25) is 5.02 Å². The van der Waals surface area contributed by atoms with Gasteiger partial charge in [0.2, 0.25) is 0 Å². The van der Waals surface area contributed by atoms with Gasteiger partial charge in [-0.1, -0.05) is 17.7 Å². The van der Waals surface area contributed by atoms with Gasteiger partial charge in [-0.25, -0.2) is 5.43 Å². The number of carbonyl (C=O) groups excluding carboxylic acids is 1. The van der Waals surface area contributed by atoms with Crippen molar-refractivity contribution in [1.29, 1.82) is 0 Å². The molecule has 0 spiro atoms. The van der Waals surface area contributed by atoms with Crippen LogP contribution in [0.5, 0.6) is 5.75 Å². The molecule has 3 rings (SSSR count). The molecule has 2 aromatic carbocycles. The lowest BCUT2D eigenvalue weighted by atomic mass is 10.1. The van der Waals surface area contributed by atoms with E-state index in [1.165, 1.54) is 36.5 Å². The zero-order valence-corrected chi connectivity index (χ0v) is 17.2. The molecule has 0 aliphatic carbocycles. The zero-order chi connectivity index (χ0) is 23.3. The van der Waals surface area contributed by atoms with Crippen molar-refractivity contribution in [3.8, 4) is 17.1 Å². The van der Waals surface area contributed by atoms with E-state index in [9.17, 15) is 25.0 Å². The second kappa shape index (κ2) is 9.71. The van der Waals surface area contributed by atoms with Crippen LogP contribution in [-0.2, 0) is 4.79 Å². The number of nitro groups is 2. The second-order valence-electron chi connectivity index (χ2n) is 6.43. The van der Waals surface area contributed by atoms with Crippen LogP contribution in [0.1, 0.15) is 11.3 Å². The summed E-state index contributed by atoms with van der Waals surface area (Å²) in [5.41, 5.74) is 2.97. The molecule has 0 bridgehead atoms. The molecule has 1 amide bonds. The van der Waals surface area contributed by atoms with E-state index in [4.69, 9.17) is 20.8 Å². The number of benzene rings is 2. The summed E-state index contributed by atoms with van der Waals surface area (Å²) in [5.74, 6) is -0.0332. The quantitative estimate of drug-likeness (QED) is 0.301. The zero-order valence-electron chi connectivity index (χ0n) is 16.5. The number of hydrogen-bond acceptors (Lipinski definition) is 8. The van der Waals surface area contributed by atoms with Crippen molar-refractivity contribution < 1.29 is 23.8 Å². The Bertz CT molecular complexity index is 1220. The van der Waals surface area contributed by atoms with E-state index in [2.05, 4.69) is 10.5 Å². The molecule has 0 aliphatic rings. The van der Waals surface area contributed by atoms with E-state index in [-0.39, 0.29) is 27.9 Å². The fraction of sp³-hybridized carbons (Fsp3) is 0.100. The fourth-order valence-electron chi connectivity index (χ4n) is 2.62. The molecule has 32 heavy (non-hydrogen) atoms. The molecule has 3 aromatic rings. The second-order valence-corrected chi connectivity index (χ2v) is 6.84. The molecular formula is C20H15ClN4O7. The number of nitro benzene ring substituents is 2. The van der Waals surface area contributed by atoms with Gasteiger partial charge >= 0.3 is 5.69 Å². The van der Waals surface area contributed by atoms with Crippen molar-refractivity contribution >= 4 is 35.1 Å². The molecule has 0 atom stereocenters. The molecule has 1 heterocycles. The number of ether oxygens (including phenoxy) is 1. The Morgan fingerprint density at radius 3 is 2.62 bits per heavy atom. The Balaban J connectivity index is 1.58. The van der Waals surface area contributed by atoms with Crippen molar-refractivity contribution in [3.63, 3.8) is 0 Å². The van der Waals surface area contributed by atoms with Crippen LogP contribution in [-0.4, -0.2) is 28.6 Å². The van der Waals surface area contributed by atoms with Gasteiger partial charge in [-0.15, -0.1) is 0 Å². The normalized spacial score (nSPS) is 10.8. The summed E-state index contributed by atoms with van der Waals surface area (Å²) in [7, 11) is 0. The third kappa shape index (κ3) is 5.46. The largest absolute Gasteiger partial charge is 0.477 e. The van der Waals surface area contributed by atoms with Crippen LogP contribution in [0.15, 0.2) is 58.0 Å². The number of amides is 1. The molecular weight excluding hydrogens is 444 g/mol. The third-order valence-corrected chi connectivity index (χ3v) is 4.42. The van der Waals surface area contributed by atoms with Gasteiger partial charge in [-0.2, -0.15) is 5.10 Å². The summed E-state index contributed by atoms with van der Waals surface area (Å²) in [6.45, 7) is 1.22. The van der Waals surface area contributed by atoms with E-state index in [1.54, 1.807) is 25.1 Å². The molecule has 0 aliphatic heterocycles. The highest BCUT2D eigenvalue weighted by Crippen LogP contribution is 2.32. The predicted octanol–water partition coefficient (Wildman–Crippen LogP) is 4.25. The lowest BCUT2D eigenvalue weighted by Gasteiger charge is -2.06. The number of halogens is 1. The molecule has 0 saturated heterocycles. The number of nitrogens with one attached hydrogen (secondary N) is 1. The van der Waals surface area contributed by atoms with Gasteiger partial charge in [0.25, 0.3) is 11.6 Å². The number of furan rings is 1. The van der Waals surface area contributed by atoms with Crippen molar-refractivity contribution in [2.75, 3.05) is 6.61 Å². The van der Waals surface area contributed by atoms with Gasteiger partial charge in [-0.3, -0.25) is 25.0 Å². The van der Waals surface area contributed by atoms with Crippen molar-refractivity contribution in [2.24, 2.45) is 5.10 Å². The van der Waals surface area contributed by atoms with Gasteiger partial charge in [0, 0.05) is 23.8 Å². The Labute approximate surface area is 185 Å². The maximum absolute atomic E-state index is 11.9. The molecule has 1 N–H and O–H groups in total. The number of nitrogens with zero attached hydrogens (tertiary/aromatic N) is 3. The highest BCUT2D eigenvalue weighted by Gasteiger charge is 2.16. The maximum Gasteiger partial charge on any atom is 0.311 e. The number of non-ortho nitro benzene ring substituents is 1. The average Bonchev–Trinajstić information content (AvgIpc) is 3.21. The maximum atomic E-state index is 11.9. The van der Waals surface area contributed by atoms with Crippen LogP contribution in [0.3, 0.4) is 0 Å². The first-order valence-electron chi connectivity index (χ1n) is 8.98. The van der Waals surface area contributed by atoms with Crippen LogP contribution in [0.4, 0.5) is 11.4 Å². The first kappa shape index (κ1) is 22.4. The number of rotatable bonds is 8. The minimum absolute atomic E-state index is 0.0321. The summed E-state index contributed by atoms with van der Waals surface area (Å²) >= 11 is 6.08. The van der Waals surface area contributed by atoms with Gasteiger partial charge < -0.3 is 9.15 Å². The topological polar surface area (TPSA) is 150 Å².